The van der Waals surface area contributed by atoms with Crippen molar-refractivity contribution in [1.82, 2.24) is 0 Å². The molecule has 4 aliphatic carbocycles. The van der Waals surface area contributed by atoms with Crippen molar-refractivity contribution >= 4 is 0 Å². The molecule has 0 radical (unpaired) electrons. The Morgan fingerprint density at radius 2 is 1.72 bits per heavy atom. The Morgan fingerprint density at radius 3 is 2.52 bits per heavy atom. The normalized spacial score (nSPS) is 61.3. The van der Waals surface area contributed by atoms with Crippen LogP contribution >= 0.6 is 0 Å². The number of aliphatic hydroxyl groups excluding tert-OH is 1. The highest BCUT2D eigenvalue weighted by atomic mass is 16.7. The van der Waals surface area contributed by atoms with E-state index in [-0.39, 0.29) is 28.3 Å². The molecule has 0 bridgehead atoms. The number of epoxide rings is 1. The number of fused-ring (bicyclic) bond motifs is 4. The van der Waals surface area contributed by atoms with Crippen molar-refractivity contribution in [3.8, 4) is 0 Å². The molecule has 2 aliphatic heterocycles. The first-order valence-electron chi connectivity index (χ1n) is 10.6. The maximum Gasteiger partial charge on any atom is 0.171 e. The Labute approximate surface area is 150 Å². The van der Waals surface area contributed by atoms with Crippen molar-refractivity contribution in [2.75, 3.05) is 13.2 Å². The molecule has 6 aliphatic rings. The standard InChI is InChI=1S/C21H32O4/c1-18-6-5-15-13(14(18)3-4-16(18)22)11-17-21(25-17)12-20(23-9-10-24-20)8-7-19(15,21)2/h13-17,22H,3-12H2,1-2H3/t13-,14-,15-,16-,17-,18-,19+,21?/m0/s1. The van der Waals surface area contributed by atoms with Crippen LogP contribution in [0.1, 0.15) is 65.2 Å². The van der Waals surface area contributed by atoms with Gasteiger partial charge >= 0.3 is 0 Å². The Morgan fingerprint density at radius 1 is 0.920 bits per heavy atom. The van der Waals surface area contributed by atoms with E-state index >= 15 is 0 Å². The summed E-state index contributed by atoms with van der Waals surface area (Å²) in [5.41, 5.74) is 0.414. The molecule has 4 heteroatoms. The van der Waals surface area contributed by atoms with Gasteiger partial charge in [0.25, 0.3) is 0 Å². The van der Waals surface area contributed by atoms with Gasteiger partial charge in [-0.15, -0.1) is 0 Å². The molecule has 0 aromatic carbocycles. The fraction of sp³-hybridized carbons (Fsp3) is 1.00. The van der Waals surface area contributed by atoms with E-state index in [1.165, 1.54) is 25.7 Å². The Balaban J connectivity index is 1.35. The summed E-state index contributed by atoms with van der Waals surface area (Å²) >= 11 is 0. The second-order valence-corrected chi connectivity index (χ2v) is 10.4. The fourth-order valence-corrected chi connectivity index (χ4v) is 8.34. The van der Waals surface area contributed by atoms with E-state index in [1.807, 2.05) is 0 Å². The monoisotopic (exact) mass is 348 g/mol. The molecule has 4 saturated carbocycles. The maximum atomic E-state index is 10.6. The number of aliphatic hydroxyl groups is 1. The van der Waals surface area contributed by atoms with Crippen LogP contribution in [0.15, 0.2) is 0 Å². The second kappa shape index (κ2) is 4.63. The van der Waals surface area contributed by atoms with Crippen LogP contribution in [-0.2, 0) is 14.2 Å². The van der Waals surface area contributed by atoms with Gasteiger partial charge in [-0.3, -0.25) is 0 Å². The van der Waals surface area contributed by atoms with Crippen molar-refractivity contribution in [3.63, 3.8) is 0 Å². The van der Waals surface area contributed by atoms with E-state index < -0.39 is 0 Å². The van der Waals surface area contributed by atoms with Crippen molar-refractivity contribution in [1.29, 1.82) is 0 Å². The molecule has 25 heavy (non-hydrogen) atoms. The lowest BCUT2D eigenvalue weighted by Gasteiger charge is -2.59. The van der Waals surface area contributed by atoms with Crippen LogP contribution in [0, 0.1) is 28.6 Å². The van der Waals surface area contributed by atoms with Gasteiger partial charge in [-0.25, -0.2) is 0 Å². The van der Waals surface area contributed by atoms with Crippen molar-refractivity contribution in [3.05, 3.63) is 0 Å². The zero-order valence-corrected chi connectivity index (χ0v) is 15.6. The summed E-state index contributed by atoms with van der Waals surface area (Å²) in [6, 6.07) is 0. The molecule has 2 saturated heterocycles. The molecule has 2 heterocycles. The largest absolute Gasteiger partial charge is 0.393 e. The Hall–Kier alpha value is -0.160. The molecule has 4 nitrogen and oxygen atoms in total. The van der Waals surface area contributed by atoms with Gasteiger partial charge in [0.05, 0.1) is 25.4 Å². The summed E-state index contributed by atoms with van der Waals surface area (Å²) in [6.07, 6.45) is 9.29. The van der Waals surface area contributed by atoms with Crippen LogP contribution in [0.4, 0.5) is 0 Å². The molecule has 0 amide bonds. The molecule has 6 fully saturated rings. The van der Waals surface area contributed by atoms with E-state index in [0.717, 1.165) is 50.7 Å². The van der Waals surface area contributed by atoms with Gasteiger partial charge in [-0.1, -0.05) is 13.8 Å². The highest BCUT2D eigenvalue weighted by Gasteiger charge is 2.78. The zero-order valence-electron chi connectivity index (χ0n) is 15.6. The number of rotatable bonds is 0. The third kappa shape index (κ3) is 1.74. The molecule has 140 valence electrons. The van der Waals surface area contributed by atoms with E-state index in [9.17, 15) is 5.11 Å². The van der Waals surface area contributed by atoms with Crippen LogP contribution in [0.5, 0.6) is 0 Å². The number of hydrogen-bond acceptors (Lipinski definition) is 4. The summed E-state index contributed by atoms with van der Waals surface area (Å²) in [5.74, 6) is 1.82. The summed E-state index contributed by atoms with van der Waals surface area (Å²) in [5, 5.41) is 10.6. The van der Waals surface area contributed by atoms with Crippen molar-refractivity contribution in [2.24, 2.45) is 28.6 Å². The third-order valence-corrected chi connectivity index (χ3v) is 9.84. The molecule has 8 atom stereocenters. The SMILES string of the molecule is C[C@]12CC[C@H]3[C@@H](C[C@@H]4OC45CC4(CC[C@]35C)OCCO4)[C@@H]1CC[C@@H]2O. The summed E-state index contributed by atoms with van der Waals surface area (Å²) < 4.78 is 18.7. The van der Waals surface area contributed by atoms with Crippen LogP contribution in [-0.4, -0.2) is 41.9 Å². The van der Waals surface area contributed by atoms with Gasteiger partial charge in [0.2, 0.25) is 0 Å². The summed E-state index contributed by atoms with van der Waals surface area (Å²) in [7, 11) is 0. The molecular weight excluding hydrogens is 316 g/mol. The Kier molecular flexibility index (Phi) is 2.93. The van der Waals surface area contributed by atoms with Crippen LogP contribution in [0.3, 0.4) is 0 Å². The van der Waals surface area contributed by atoms with Gasteiger partial charge in [-0.2, -0.15) is 0 Å². The van der Waals surface area contributed by atoms with Gasteiger partial charge < -0.3 is 19.3 Å². The lowest BCUT2D eigenvalue weighted by molar-refractivity contribution is -0.227. The smallest absolute Gasteiger partial charge is 0.171 e. The van der Waals surface area contributed by atoms with Crippen LogP contribution in [0.2, 0.25) is 0 Å². The quantitative estimate of drug-likeness (QED) is 0.683. The lowest BCUT2D eigenvalue weighted by atomic mass is 9.44. The lowest BCUT2D eigenvalue weighted by Crippen LogP contribution is -2.61. The summed E-state index contributed by atoms with van der Waals surface area (Å²) in [6.45, 7) is 6.35. The first kappa shape index (κ1) is 15.9. The molecule has 1 unspecified atom stereocenters. The molecule has 6 rings (SSSR count). The minimum Gasteiger partial charge on any atom is -0.393 e. The molecule has 2 spiro atoms. The second-order valence-electron chi connectivity index (χ2n) is 10.4. The van der Waals surface area contributed by atoms with Gasteiger partial charge in [0, 0.05) is 18.3 Å². The van der Waals surface area contributed by atoms with Crippen molar-refractivity contribution < 1.29 is 19.3 Å². The third-order valence-electron chi connectivity index (χ3n) is 9.84. The van der Waals surface area contributed by atoms with E-state index in [4.69, 9.17) is 14.2 Å². The highest BCUT2D eigenvalue weighted by molar-refractivity contribution is 5.25. The minimum absolute atomic E-state index is 0.00170. The van der Waals surface area contributed by atoms with Crippen LogP contribution in [0.25, 0.3) is 0 Å². The zero-order chi connectivity index (χ0) is 17.1. The van der Waals surface area contributed by atoms with E-state index in [1.54, 1.807) is 0 Å². The number of hydrogen-bond donors (Lipinski definition) is 1. The molecular formula is C21H32O4. The average molecular weight is 348 g/mol. The maximum absolute atomic E-state index is 10.6. The highest BCUT2D eigenvalue weighted by Crippen LogP contribution is 2.74. The predicted octanol–water partition coefficient (Wildman–Crippen LogP) is 3.26. The van der Waals surface area contributed by atoms with E-state index in [2.05, 4.69) is 13.8 Å². The average Bonchev–Trinajstić information content (AvgIpc) is 2.94. The fourth-order valence-electron chi connectivity index (χ4n) is 8.34. The van der Waals surface area contributed by atoms with Crippen molar-refractivity contribution in [2.45, 2.75) is 88.8 Å². The Bertz CT molecular complexity index is 601. The van der Waals surface area contributed by atoms with E-state index in [0.29, 0.717) is 12.0 Å². The van der Waals surface area contributed by atoms with Gasteiger partial charge in [-0.05, 0) is 61.7 Å². The minimum atomic E-state index is -0.353. The van der Waals surface area contributed by atoms with Gasteiger partial charge in [0.1, 0.15) is 5.60 Å². The molecule has 0 aromatic rings. The summed E-state index contributed by atoms with van der Waals surface area (Å²) in [4.78, 5) is 0. The molecule has 0 aromatic heterocycles. The first-order chi connectivity index (χ1) is 11.9. The van der Waals surface area contributed by atoms with Crippen LogP contribution < -0.4 is 0 Å². The molecule has 1 N–H and O–H groups in total. The first-order valence-corrected chi connectivity index (χ1v) is 10.6. The predicted molar refractivity (Wildman–Crippen MR) is 91.9 cm³/mol. The number of ether oxygens (including phenoxy) is 3. The topological polar surface area (TPSA) is 51.2 Å². The van der Waals surface area contributed by atoms with Gasteiger partial charge in [0.15, 0.2) is 5.79 Å².